The third-order valence-electron chi connectivity index (χ3n) is 3.61. The average Bonchev–Trinajstić information content (AvgIpc) is 2.99. The molecule has 1 heterocycles. The Balaban J connectivity index is 1.58. The van der Waals surface area contributed by atoms with Crippen LogP contribution in [0.4, 0.5) is 11.9 Å². The van der Waals surface area contributed by atoms with Crippen LogP contribution >= 0.6 is 0 Å². The molecule has 0 saturated heterocycles. The van der Waals surface area contributed by atoms with Gasteiger partial charge in [-0.3, -0.25) is 0 Å². The van der Waals surface area contributed by atoms with E-state index in [4.69, 9.17) is 5.84 Å². The molecule has 8 heteroatoms. The molecule has 4 N–H and O–H groups in total. The van der Waals surface area contributed by atoms with Crippen molar-refractivity contribution in [3.05, 3.63) is 70.8 Å². The zero-order valence-corrected chi connectivity index (χ0v) is 14.6. The van der Waals surface area contributed by atoms with Crippen LogP contribution in [0.3, 0.4) is 0 Å². The highest BCUT2D eigenvalue weighted by Crippen LogP contribution is 2.08. The fourth-order valence-electron chi connectivity index (χ4n) is 2.08. The first-order chi connectivity index (χ1) is 12.6. The van der Waals surface area contributed by atoms with E-state index in [1.165, 1.54) is 15.8 Å². The van der Waals surface area contributed by atoms with E-state index in [0.717, 1.165) is 11.1 Å². The van der Waals surface area contributed by atoms with Gasteiger partial charge >= 0.3 is 0 Å². The number of aromatic nitrogens is 3. The minimum Gasteiger partial charge on any atom is -0.333 e. The molecule has 0 bridgehead atoms. The third-order valence-corrected chi connectivity index (χ3v) is 3.61. The van der Waals surface area contributed by atoms with E-state index in [2.05, 4.69) is 31.3 Å². The SMILES string of the molecule is Cc1ccc(/C=N/Nc2nnc(N/N=C/c3ccc(C)cc3)n2N)cc1. The highest BCUT2D eigenvalue weighted by atomic mass is 15.6. The second-order valence-electron chi connectivity index (χ2n) is 5.78. The monoisotopic (exact) mass is 348 g/mol. The topological polar surface area (TPSA) is 106 Å². The molecule has 0 atom stereocenters. The molecule has 0 amide bonds. The highest BCUT2D eigenvalue weighted by Gasteiger charge is 2.07. The Bertz CT molecular complexity index is 832. The Hall–Kier alpha value is -3.68. The number of benzene rings is 2. The molecule has 0 radical (unpaired) electrons. The van der Waals surface area contributed by atoms with Crippen molar-refractivity contribution in [2.75, 3.05) is 16.7 Å². The number of hydrogen-bond acceptors (Lipinski definition) is 7. The number of nitrogens with one attached hydrogen (secondary N) is 2. The van der Waals surface area contributed by atoms with Gasteiger partial charge in [-0.2, -0.15) is 14.9 Å². The molecule has 0 spiro atoms. The molecule has 0 saturated carbocycles. The normalized spacial score (nSPS) is 11.3. The largest absolute Gasteiger partial charge is 0.333 e. The molecular weight excluding hydrogens is 328 g/mol. The summed E-state index contributed by atoms with van der Waals surface area (Å²) in [4.78, 5) is 0. The minimum atomic E-state index is 0.293. The average molecular weight is 348 g/mol. The maximum atomic E-state index is 5.92. The van der Waals surface area contributed by atoms with Gasteiger partial charge in [-0.05, 0) is 25.0 Å². The zero-order chi connectivity index (χ0) is 18.4. The van der Waals surface area contributed by atoms with Crippen LogP contribution in [0, 0.1) is 13.8 Å². The number of nitrogens with two attached hydrogens (primary N) is 1. The number of aryl methyl sites for hydroxylation is 2. The van der Waals surface area contributed by atoms with E-state index in [0.29, 0.717) is 11.9 Å². The number of nitrogens with zero attached hydrogens (tertiary/aromatic N) is 5. The summed E-state index contributed by atoms with van der Waals surface area (Å²) in [5, 5.41) is 16.1. The van der Waals surface area contributed by atoms with Gasteiger partial charge < -0.3 is 5.84 Å². The van der Waals surface area contributed by atoms with E-state index < -0.39 is 0 Å². The van der Waals surface area contributed by atoms with Crippen molar-refractivity contribution < 1.29 is 0 Å². The number of hydrogen-bond donors (Lipinski definition) is 3. The molecule has 3 aromatic rings. The van der Waals surface area contributed by atoms with E-state index in [9.17, 15) is 0 Å². The molecule has 2 aromatic carbocycles. The summed E-state index contributed by atoms with van der Waals surface area (Å²) >= 11 is 0. The van der Waals surface area contributed by atoms with E-state index in [1.54, 1.807) is 12.4 Å². The summed E-state index contributed by atoms with van der Waals surface area (Å²) in [5.41, 5.74) is 9.82. The number of rotatable bonds is 6. The van der Waals surface area contributed by atoms with E-state index >= 15 is 0 Å². The summed E-state index contributed by atoms with van der Waals surface area (Å²) < 4.78 is 1.24. The van der Waals surface area contributed by atoms with Crippen LogP contribution in [0.15, 0.2) is 58.7 Å². The predicted molar refractivity (Wildman–Crippen MR) is 105 cm³/mol. The maximum absolute atomic E-state index is 5.92. The molecule has 3 rings (SSSR count). The van der Waals surface area contributed by atoms with E-state index in [-0.39, 0.29) is 0 Å². The van der Waals surface area contributed by atoms with Gasteiger partial charge in [0.05, 0.1) is 12.4 Å². The van der Waals surface area contributed by atoms with Crippen molar-refractivity contribution in [2.45, 2.75) is 13.8 Å². The lowest BCUT2D eigenvalue weighted by molar-refractivity contribution is 0.981. The van der Waals surface area contributed by atoms with Crippen molar-refractivity contribution in [3.63, 3.8) is 0 Å². The van der Waals surface area contributed by atoms with Gasteiger partial charge in [-0.15, -0.1) is 10.2 Å². The second kappa shape index (κ2) is 7.93. The Morgan fingerprint density at radius 1 is 0.769 bits per heavy atom. The fourth-order valence-corrected chi connectivity index (χ4v) is 2.08. The summed E-state index contributed by atoms with van der Waals surface area (Å²) in [6.07, 6.45) is 3.35. The van der Waals surface area contributed by atoms with Crippen LogP contribution in [0.1, 0.15) is 22.3 Å². The van der Waals surface area contributed by atoms with Crippen molar-refractivity contribution in [1.29, 1.82) is 0 Å². The van der Waals surface area contributed by atoms with Gasteiger partial charge in [-0.25, -0.2) is 10.9 Å². The number of hydrazone groups is 2. The van der Waals surface area contributed by atoms with Crippen LogP contribution in [0.25, 0.3) is 0 Å². The van der Waals surface area contributed by atoms with Crippen molar-refractivity contribution in [3.8, 4) is 0 Å². The maximum Gasteiger partial charge on any atom is 0.265 e. The summed E-state index contributed by atoms with van der Waals surface area (Å²) in [6, 6.07) is 15.9. The van der Waals surface area contributed by atoms with Crippen LogP contribution in [-0.2, 0) is 0 Å². The molecule has 0 aliphatic heterocycles. The molecule has 0 aliphatic rings. The van der Waals surface area contributed by atoms with E-state index in [1.807, 2.05) is 62.4 Å². The second-order valence-corrected chi connectivity index (χ2v) is 5.78. The van der Waals surface area contributed by atoms with Crippen LogP contribution in [0.2, 0.25) is 0 Å². The number of nitrogen functional groups attached to an aromatic ring is 1. The summed E-state index contributed by atoms with van der Waals surface area (Å²) in [6.45, 7) is 4.07. The lowest BCUT2D eigenvalue weighted by Gasteiger charge is -2.02. The molecule has 0 unspecified atom stereocenters. The number of anilines is 2. The predicted octanol–water partition coefficient (Wildman–Crippen LogP) is 2.50. The van der Waals surface area contributed by atoms with Crippen molar-refractivity contribution >= 4 is 24.3 Å². The standard InChI is InChI=1S/C18H20N8/c1-13-3-7-15(8-4-13)11-20-22-17-24-25-18(26(17)19)23-21-12-16-9-5-14(2)6-10-16/h3-12H,19H2,1-2H3,(H,22,24)(H,23,25)/b20-11+,21-12+. The Morgan fingerprint density at radius 3 is 1.54 bits per heavy atom. The molecule has 8 nitrogen and oxygen atoms in total. The molecule has 132 valence electrons. The molecule has 26 heavy (non-hydrogen) atoms. The van der Waals surface area contributed by atoms with Gasteiger partial charge in [0, 0.05) is 0 Å². The first kappa shape index (κ1) is 17.2. The molecule has 1 aromatic heterocycles. The van der Waals surface area contributed by atoms with Gasteiger partial charge in [0.2, 0.25) is 0 Å². The lowest BCUT2D eigenvalue weighted by Crippen LogP contribution is -2.14. The molecule has 0 aliphatic carbocycles. The van der Waals surface area contributed by atoms with Gasteiger partial charge in [-0.1, -0.05) is 59.7 Å². The van der Waals surface area contributed by atoms with Crippen LogP contribution < -0.4 is 16.7 Å². The van der Waals surface area contributed by atoms with Crippen molar-refractivity contribution in [2.24, 2.45) is 10.2 Å². The van der Waals surface area contributed by atoms with Gasteiger partial charge in [0.1, 0.15) is 0 Å². The Labute approximate surface area is 151 Å². The quantitative estimate of drug-likeness (QED) is 0.360. The first-order valence-electron chi connectivity index (χ1n) is 8.04. The Kier molecular flexibility index (Phi) is 5.23. The van der Waals surface area contributed by atoms with Gasteiger partial charge in [0.25, 0.3) is 11.9 Å². The summed E-state index contributed by atoms with van der Waals surface area (Å²) in [7, 11) is 0. The fraction of sp³-hybridized carbons (Fsp3) is 0.111. The van der Waals surface area contributed by atoms with Crippen molar-refractivity contribution in [1.82, 2.24) is 14.9 Å². The highest BCUT2D eigenvalue weighted by molar-refractivity contribution is 5.80. The minimum absolute atomic E-state index is 0.293. The molecular formula is C18H20N8. The summed E-state index contributed by atoms with van der Waals surface area (Å²) in [5.74, 6) is 6.51. The molecule has 0 fully saturated rings. The zero-order valence-electron chi connectivity index (χ0n) is 14.6. The Morgan fingerprint density at radius 2 is 1.15 bits per heavy atom. The lowest BCUT2D eigenvalue weighted by atomic mass is 10.2. The third kappa shape index (κ3) is 4.44. The first-order valence-corrected chi connectivity index (χ1v) is 8.04. The van der Waals surface area contributed by atoms with Crippen LogP contribution in [-0.4, -0.2) is 27.3 Å². The van der Waals surface area contributed by atoms with Gasteiger partial charge in [0.15, 0.2) is 0 Å². The van der Waals surface area contributed by atoms with Crippen LogP contribution in [0.5, 0.6) is 0 Å². The smallest absolute Gasteiger partial charge is 0.265 e.